The van der Waals surface area contributed by atoms with Gasteiger partial charge in [0.15, 0.2) is 5.69 Å². The Hall–Kier alpha value is -2.19. The fourth-order valence-electron chi connectivity index (χ4n) is 1.88. The highest BCUT2D eigenvalue weighted by Crippen LogP contribution is 2.13. The maximum absolute atomic E-state index is 12.0. The number of hydrogen-bond acceptors (Lipinski definition) is 6. The highest BCUT2D eigenvalue weighted by atomic mass is 32.2. The lowest BCUT2D eigenvalue weighted by molar-refractivity contribution is 0.0594. The molecule has 2 rings (SSSR count). The molecule has 124 valence electrons. The molecule has 0 spiro atoms. The number of hydrogen-bond donors (Lipinski definition) is 0. The van der Waals surface area contributed by atoms with Crippen molar-refractivity contribution in [2.75, 3.05) is 13.7 Å². The second-order valence-corrected chi connectivity index (χ2v) is 6.55. The standard InChI is InChI=1S/C15H18N2O5S/c1-12-4-6-13(7-5-12)23(19,20)22-9-3-8-17-10-14(16-11-17)15(18)21-2/h4-7,10-11H,3,8-9H2,1-2H3. The van der Waals surface area contributed by atoms with Crippen LogP contribution in [0.15, 0.2) is 41.7 Å². The molecule has 0 radical (unpaired) electrons. The van der Waals surface area contributed by atoms with E-state index in [1.807, 2.05) is 6.92 Å². The molecule has 0 bridgehead atoms. The van der Waals surface area contributed by atoms with Gasteiger partial charge in [0.2, 0.25) is 0 Å². The lowest BCUT2D eigenvalue weighted by atomic mass is 10.2. The number of ether oxygens (including phenoxy) is 1. The molecular formula is C15H18N2O5S. The largest absolute Gasteiger partial charge is 0.464 e. The molecular weight excluding hydrogens is 320 g/mol. The first-order chi connectivity index (χ1) is 10.9. The number of carbonyl (C=O) groups excluding carboxylic acids is 1. The third-order valence-electron chi connectivity index (χ3n) is 3.14. The van der Waals surface area contributed by atoms with Crippen molar-refractivity contribution in [1.29, 1.82) is 0 Å². The summed E-state index contributed by atoms with van der Waals surface area (Å²) in [6.45, 7) is 2.40. The van der Waals surface area contributed by atoms with Crippen LogP contribution in [0.25, 0.3) is 0 Å². The van der Waals surface area contributed by atoms with E-state index in [0.717, 1.165) is 5.56 Å². The Balaban J connectivity index is 1.84. The van der Waals surface area contributed by atoms with Crippen LogP contribution in [0.3, 0.4) is 0 Å². The zero-order valence-electron chi connectivity index (χ0n) is 12.9. The van der Waals surface area contributed by atoms with Crippen molar-refractivity contribution in [1.82, 2.24) is 9.55 Å². The van der Waals surface area contributed by atoms with Gasteiger partial charge in [-0.05, 0) is 25.5 Å². The monoisotopic (exact) mass is 338 g/mol. The van der Waals surface area contributed by atoms with Crippen molar-refractivity contribution in [3.05, 3.63) is 48.0 Å². The predicted octanol–water partition coefficient (Wildman–Crippen LogP) is 1.77. The molecule has 1 aromatic carbocycles. The molecule has 0 saturated carbocycles. The highest BCUT2D eigenvalue weighted by Gasteiger charge is 2.14. The van der Waals surface area contributed by atoms with Crippen LogP contribution in [0.4, 0.5) is 0 Å². The summed E-state index contributed by atoms with van der Waals surface area (Å²) >= 11 is 0. The van der Waals surface area contributed by atoms with Crippen LogP contribution in [-0.2, 0) is 25.6 Å². The average molecular weight is 338 g/mol. The quantitative estimate of drug-likeness (QED) is 0.434. The summed E-state index contributed by atoms with van der Waals surface area (Å²) in [6.07, 6.45) is 3.49. The molecule has 0 aliphatic heterocycles. The van der Waals surface area contributed by atoms with Crippen LogP contribution in [0.5, 0.6) is 0 Å². The number of nitrogens with zero attached hydrogens (tertiary/aromatic N) is 2. The first kappa shape index (κ1) is 17.2. The van der Waals surface area contributed by atoms with E-state index in [2.05, 4.69) is 9.72 Å². The number of carbonyl (C=O) groups is 1. The van der Waals surface area contributed by atoms with E-state index in [-0.39, 0.29) is 17.2 Å². The average Bonchev–Trinajstić information content (AvgIpc) is 3.00. The van der Waals surface area contributed by atoms with Crippen molar-refractivity contribution in [3.63, 3.8) is 0 Å². The van der Waals surface area contributed by atoms with Gasteiger partial charge < -0.3 is 9.30 Å². The first-order valence-electron chi connectivity index (χ1n) is 6.98. The van der Waals surface area contributed by atoms with E-state index >= 15 is 0 Å². The Morgan fingerprint density at radius 2 is 1.96 bits per heavy atom. The van der Waals surface area contributed by atoms with Crippen molar-refractivity contribution in [2.24, 2.45) is 0 Å². The Bertz CT molecular complexity index is 765. The van der Waals surface area contributed by atoms with Gasteiger partial charge in [-0.2, -0.15) is 8.42 Å². The summed E-state index contributed by atoms with van der Waals surface area (Å²) in [5.74, 6) is -0.512. The van der Waals surface area contributed by atoms with E-state index in [1.165, 1.54) is 25.6 Å². The molecule has 0 amide bonds. The van der Waals surface area contributed by atoms with Gasteiger partial charge in [-0.15, -0.1) is 0 Å². The molecule has 0 saturated heterocycles. The van der Waals surface area contributed by atoms with Crippen LogP contribution in [0.1, 0.15) is 22.5 Å². The summed E-state index contributed by atoms with van der Waals surface area (Å²) in [6, 6.07) is 6.47. The maximum atomic E-state index is 12.0. The fraction of sp³-hybridized carbons (Fsp3) is 0.333. The SMILES string of the molecule is COC(=O)c1cn(CCCOS(=O)(=O)c2ccc(C)cc2)cn1. The second kappa shape index (κ2) is 7.38. The minimum Gasteiger partial charge on any atom is -0.464 e. The molecule has 1 heterocycles. The predicted molar refractivity (Wildman–Crippen MR) is 82.5 cm³/mol. The van der Waals surface area contributed by atoms with Gasteiger partial charge in [-0.3, -0.25) is 4.18 Å². The molecule has 2 aromatic rings. The van der Waals surface area contributed by atoms with Gasteiger partial charge in [0.25, 0.3) is 10.1 Å². The molecule has 0 fully saturated rings. The number of imidazole rings is 1. The Morgan fingerprint density at radius 3 is 2.61 bits per heavy atom. The molecule has 1 aromatic heterocycles. The van der Waals surface area contributed by atoms with Crippen LogP contribution in [0.2, 0.25) is 0 Å². The fourth-order valence-corrected chi connectivity index (χ4v) is 2.82. The zero-order valence-corrected chi connectivity index (χ0v) is 13.7. The van der Waals surface area contributed by atoms with Crippen LogP contribution in [-0.4, -0.2) is 37.7 Å². The number of esters is 1. The second-order valence-electron chi connectivity index (χ2n) is 4.93. The molecule has 0 unspecified atom stereocenters. The van der Waals surface area contributed by atoms with E-state index in [9.17, 15) is 13.2 Å². The van der Waals surface area contributed by atoms with Gasteiger partial charge in [-0.1, -0.05) is 17.7 Å². The lowest BCUT2D eigenvalue weighted by Gasteiger charge is -2.06. The van der Waals surface area contributed by atoms with Crippen molar-refractivity contribution < 1.29 is 22.1 Å². The number of aryl methyl sites for hydroxylation is 2. The van der Waals surface area contributed by atoms with Crippen LogP contribution < -0.4 is 0 Å². The Morgan fingerprint density at radius 1 is 1.26 bits per heavy atom. The molecule has 0 aliphatic rings. The zero-order chi connectivity index (χ0) is 16.9. The van der Waals surface area contributed by atoms with Gasteiger partial charge in [-0.25, -0.2) is 9.78 Å². The Kier molecular flexibility index (Phi) is 5.51. The van der Waals surface area contributed by atoms with Gasteiger partial charge in [0.05, 0.1) is 24.9 Å². The van der Waals surface area contributed by atoms with Gasteiger partial charge >= 0.3 is 5.97 Å². The third kappa shape index (κ3) is 4.64. The summed E-state index contributed by atoms with van der Waals surface area (Å²) < 4.78 is 35.2. The third-order valence-corrected chi connectivity index (χ3v) is 4.46. The number of aromatic nitrogens is 2. The van der Waals surface area contributed by atoms with Crippen molar-refractivity contribution in [2.45, 2.75) is 24.8 Å². The molecule has 0 aliphatic carbocycles. The summed E-state index contributed by atoms with van der Waals surface area (Å²) in [5, 5.41) is 0. The minimum atomic E-state index is -3.74. The molecule has 7 nitrogen and oxygen atoms in total. The number of benzene rings is 1. The van der Waals surface area contributed by atoms with E-state index in [1.54, 1.807) is 22.9 Å². The van der Waals surface area contributed by atoms with Crippen LogP contribution in [0, 0.1) is 6.92 Å². The molecule has 0 N–H and O–H groups in total. The number of methoxy groups -OCH3 is 1. The smallest absolute Gasteiger partial charge is 0.358 e. The summed E-state index contributed by atoms with van der Waals surface area (Å²) in [7, 11) is -2.46. The number of rotatable bonds is 7. The van der Waals surface area contributed by atoms with E-state index in [4.69, 9.17) is 4.18 Å². The normalized spacial score (nSPS) is 11.4. The highest BCUT2D eigenvalue weighted by molar-refractivity contribution is 7.86. The van der Waals surface area contributed by atoms with Crippen molar-refractivity contribution in [3.8, 4) is 0 Å². The Labute approximate surface area is 135 Å². The summed E-state index contributed by atoms with van der Waals surface area (Å²) in [5.41, 5.74) is 1.19. The van der Waals surface area contributed by atoms with Crippen molar-refractivity contribution >= 4 is 16.1 Å². The summed E-state index contributed by atoms with van der Waals surface area (Å²) in [4.78, 5) is 15.3. The van der Waals surface area contributed by atoms with E-state index in [0.29, 0.717) is 13.0 Å². The van der Waals surface area contributed by atoms with Gasteiger partial charge in [0.1, 0.15) is 0 Å². The van der Waals surface area contributed by atoms with E-state index < -0.39 is 16.1 Å². The first-order valence-corrected chi connectivity index (χ1v) is 8.39. The molecule has 0 atom stereocenters. The van der Waals surface area contributed by atoms with Gasteiger partial charge in [0, 0.05) is 12.7 Å². The van der Waals surface area contributed by atoms with Crippen LogP contribution >= 0.6 is 0 Å². The molecule has 23 heavy (non-hydrogen) atoms. The minimum absolute atomic E-state index is 0.0436. The maximum Gasteiger partial charge on any atom is 0.358 e. The lowest BCUT2D eigenvalue weighted by Crippen LogP contribution is -2.09. The molecule has 8 heteroatoms. The topological polar surface area (TPSA) is 87.5 Å².